The van der Waals surface area contributed by atoms with Gasteiger partial charge in [0, 0.05) is 0 Å². The molecule has 6 nitrogen and oxygen atoms in total. The van der Waals surface area contributed by atoms with Crippen LogP contribution in [0.1, 0.15) is 22.1 Å². The number of halogens is 2. The van der Waals surface area contributed by atoms with Crippen molar-refractivity contribution in [2.24, 2.45) is 0 Å². The van der Waals surface area contributed by atoms with Crippen LogP contribution < -0.4 is 5.32 Å². The molecule has 0 saturated heterocycles. The molecule has 0 saturated carbocycles. The minimum absolute atomic E-state index is 0.0209. The Bertz CT molecular complexity index is 529. The zero-order valence-corrected chi connectivity index (χ0v) is 10.4. The smallest absolute Gasteiger partial charge is 0.287 e. The van der Waals surface area contributed by atoms with E-state index in [1.54, 1.807) is 0 Å². The van der Waals surface area contributed by atoms with Crippen molar-refractivity contribution in [3.05, 3.63) is 35.8 Å². The van der Waals surface area contributed by atoms with Crippen LogP contribution in [-0.2, 0) is 12.3 Å². The monoisotopic (exact) mass is 288 g/mol. The molecule has 2 rings (SSSR count). The molecule has 9 heteroatoms. The predicted octanol–water partition coefficient (Wildman–Crippen LogP) is 1.78. The molecule has 2 aromatic rings. The molecule has 0 aliphatic heterocycles. The van der Waals surface area contributed by atoms with Crippen molar-refractivity contribution in [3.63, 3.8) is 0 Å². The number of thioether (sulfide) groups is 1. The summed E-state index contributed by atoms with van der Waals surface area (Å²) in [7, 11) is 0. The molecular formula is C10H10F2N4O2S. The van der Waals surface area contributed by atoms with Gasteiger partial charge in [-0.1, -0.05) is 11.8 Å². The molecule has 0 aliphatic carbocycles. The maximum Gasteiger partial charge on any atom is 0.287 e. The van der Waals surface area contributed by atoms with Gasteiger partial charge in [-0.15, -0.1) is 0 Å². The lowest BCUT2D eigenvalue weighted by Crippen LogP contribution is -2.22. The van der Waals surface area contributed by atoms with E-state index in [9.17, 15) is 13.6 Å². The molecule has 0 aliphatic rings. The van der Waals surface area contributed by atoms with Crippen molar-refractivity contribution >= 4 is 17.7 Å². The van der Waals surface area contributed by atoms with Gasteiger partial charge in [-0.3, -0.25) is 9.89 Å². The van der Waals surface area contributed by atoms with Gasteiger partial charge in [-0.25, -0.2) is 4.98 Å². The molecule has 0 radical (unpaired) electrons. The van der Waals surface area contributed by atoms with Crippen LogP contribution in [0.4, 0.5) is 8.78 Å². The summed E-state index contributed by atoms with van der Waals surface area (Å²) in [6.45, 7) is 0.181. The summed E-state index contributed by atoms with van der Waals surface area (Å²) in [5, 5.41) is 8.78. The van der Waals surface area contributed by atoms with Gasteiger partial charge in [-0.2, -0.15) is 13.9 Å². The fourth-order valence-corrected chi connectivity index (χ4v) is 1.74. The van der Waals surface area contributed by atoms with Crippen LogP contribution in [0.15, 0.2) is 22.9 Å². The van der Waals surface area contributed by atoms with Crippen LogP contribution in [0.2, 0.25) is 0 Å². The van der Waals surface area contributed by atoms with Gasteiger partial charge < -0.3 is 9.73 Å². The number of alkyl halides is 2. The highest BCUT2D eigenvalue weighted by molar-refractivity contribution is 7.98. The standard InChI is InChI=1S/C10H10F2N4O2S/c11-10(12)19-4-6-1-2-7(18-6)9(17)13-3-8-14-5-15-16-8/h1-2,5,10H,3-4H2,(H,13,17)(H,14,15,16). The van der Waals surface area contributed by atoms with Crippen LogP contribution in [0.3, 0.4) is 0 Å². The van der Waals surface area contributed by atoms with E-state index in [2.05, 4.69) is 20.5 Å². The summed E-state index contributed by atoms with van der Waals surface area (Å²) < 4.78 is 29.1. The first-order chi connectivity index (χ1) is 9.15. The molecular weight excluding hydrogens is 278 g/mol. The van der Waals surface area contributed by atoms with E-state index in [1.165, 1.54) is 18.5 Å². The molecule has 0 atom stereocenters. The molecule has 19 heavy (non-hydrogen) atoms. The Morgan fingerprint density at radius 3 is 3.05 bits per heavy atom. The maximum absolute atomic E-state index is 12.0. The van der Waals surface area contributed by atoms with Gasteiger partial charge in [0.05, 0.1) is 12.3 Å². The molecule has 0 unspecified atom stereocenters. The molecule has 0 bridgehead atoms. The van der Waals surface area contributed by atoms with E-state index in [0.717, 1.165) is 0 Å². The van der Waals surface area contributed by atoms with Crippen LogP contribution >= 0.6 is 11.8 Å². The molecule has 0 aromatic carbocycles. The number of carbonyl (C=O) groups excluding carboxylic acids is 1. The van der Waals surface area contributed by atoms with Crippen molar-refractivity contribution < 1.29 is 18.0 Å². The van der Waals surface area contributed by atoms with Gasteiger partial charge in [0.2, 0.25) is 0 Å². The predicted molar refractivity (Wildman–Crippen MR) is 63.6 cm³/mol. The van der Waals surface area contributed by atoms with E-state index in [-0.39, 0.29) is 18.1 Å². The number of rotatable bonds is 6. The van der Waals surface area contributed by atoms with E-state index < -0.39 is 11.7 Å². The topological polar surface area (TPSA) is 83.8 Å². The number of H-pyrrole nitrogens is 1. The highest BCUT2D eigenvalue weighted by Crippen LogP contribution is 2.21. The fraction of sp³-hybridized carbons (Fsp3) is 0.300. The lowest BCUT2D eigenvalue weighted by molar-refractivity contribution is 0.0921. The van der Waals surface area contributed by atoms with Crippen LogP contribution in [-0.4, -0.2) is 26.8 Å². The van der Waals surface area contributed by atoms with E-state index >= 15 is 0 Å². The number of aromatic nitrogens is 3. The lowest BCUT2D eigenvalue weighted by atomic mass is 10.4. The second-order valence-corrected chi connectivity index (χ2v) is 4.43. The zero-order chi connectivity index (χ0) is 13.7. The van der Waals surface area contributed by atoms with Crippen molar-refractivity contribution in [2.45, 2.75) is 18.1 Å². The second-order valence-electron chi connectivity index (χ2n) is 3.45. The largest absolute Gasteiger partial charge is 0.455 e. The SMILES string of the molecule is O=C(NCc1ncn[nH]1)c1ccc(CSC(F)F)o1. The van der Waals surface area contributed by atoms with E-state index in [4.69, 9.17) is 4.42 Å². The Morgan fingerprint density at radius 1 is 1.53 bits per heavy atom. The van der Waals surface area contributed by atoms with Crippen LogP contribution in [0.25, 0.3) is 0 Å². The summed E-state index contributed by atoms with van der Waals surface area (Å²) in [4.78, 5) is 15.5. The third-order valence-electron chi connectivity index (χ3n) is 2.12. The van der Waals surface area contributed by atoms with Crippen LogP contribution in [0, 0.1) is 0 Å². The number of aromatic amines is 1. The zero-order valence-electron chi connectivity index (χ0n) is 9.60. The first-order valence-corrected chi connectivity index (χ1v) is 6.31. The Labute approximate surface area is 111 Å². The molecule has 102 valence electrons. The number of hydrogen-bond donors (Lipinski definition) is 2. The van der Waals surface area contributed by atoms with Gasteiger partial charge >= 0.3 is 0 Å². The average Bonchev–Trinajstić information content (AvgIpc) is 3.04. The third kappa shape index (κ3) is 4.05. The number of nitrogens with one attached hydrogen (secondary N) is 2. The van der Waals surface area contributed by atoms with Gasteiger partial charge in [0.1, 0.15) is 17.9 Å². The molecule has 2 aromatic heterocycles. The molecule has 0 spiro atoms. The van der Waals surface area contributed by atoms with Crippen molar-refractivity contribution in [1.29, 1.82) is 0 Å². The summed E-state index contributed by atoms with van der Waals surface area (Å²) in [5.41, 5.74) is 0. The Kier molecular flexibility index (Phi) is 4.50. The van der Waals surface area contributed by atoms with Crippen molar-refractivity contribution in [1.82, 2.24) is 20.5 Å². The Morgan fingerprint density at radius 2 is 2.37 bits per heavy atom. The van der Waals surface area contributed by atoms with E-state index in [1.807, 2.05) is 0 Å². The highest BCUT2D eigenvalue weighted by atomic mass is 32.2. The minimum Gasteiger partial charge on any atom is -0.455 e. The number of amides is 1. The summed E-state index contributed by atoms with van der Waals surface area (Å²) in [5.74, 6) is -1.97. The van der Waals surface area contributed by atoms with E-state index in [0.29, 0.717) is 23.3 Å². The molecule has 0 fully saturated rings. The summed E-state index contributed by atoms with van der Waals surface area (Å²) in [6.07, 6.45) is 1.33. The van der Waals surface area contributed by atoms with Gasteiger partial charge in [0.25, 0.3) is 11.7 Å². The van der Waals surface area contributed by atoms with Crippen molar-refractivity contribution in [2.75, 3.05) is 0 Å². The van der Waals surface area contributed by atoms with Gasteiger partial charge in [-0.05, 0) is 12.1 Å². The third-order valence-corrected chi connectivity index (χ3v) is 2.82. The maximum atomic E-state index is 12.0. The first-order valence-electron chi connectivity index (χ1n) is 5.26. The van der Waals surface area contributed by atoms with Crippen molar-refractivity contribution in [3.8, 4) is 0 Å². The average molecular weight is 288 g/mol. The normalized spacial score (nSPS) is 10.9. The summed E-state index contributed by atoms with van der Waals surface area (Å²) >= 11 is 0.439. The Hall–Kier alpha value is -1.90. The second kappa shape index (κ2) is 6.32. The van der Waals surface area contributed by atoms with Crippen LogP contribution in [0.5, 0.6) is 0 Å². The number of carbonyl (C=O) groups is 1. The molecule has 2 N–H and O–H groups in total. The number of nitrogens with zero attached hydrogens (tertiary/aromatic N) is 2. The number of furan rings is 1. The Balaban J connectivity index is 1.85. The fourth-order valence-electron chi connectivity index (χ4n) is 1.29. The first kappa shape index (κ1) is 13.5. The quantitative estimate of drug-likeness (QED) is 0.846. The molecule has 2 heterocycles. The molecule has 1 amide bonds. The number of hydrogen-bond acceptors (Lipinski definition) is 5. The highest BCUT2D eigenvalue weighted by Gasteiger charge is 2.12. The minimum atomic E-state index is -2.46. The lowest BCUT2D eigenvalue weighted by Gasteiger charge is -2.00. The van der Waals surface area contributed by atoms with Gasteiger partial charge in [0.15, 0.2) is 5.76 Å². The summed E-state index contributed by atoms with van der Waals surface area (Å²) in [6, 6.07) is 2.94.